The predicted octanol–water partition coefficient (Wildman–Crippen LogP) is 1.95. The van der Waals surface area contributed by atoms with Crippen LogP contribution in [0.4, 0.5) is 16.6 Å². The maximum Gasteiger partial charge on any atom is 0.315 e. The van der Waals surface area contributed by atoms with E-state index in [9.17, 15) is 25.2 Å². The van der Waals surface area contributed by atoms with Gasteiger partial charge in [-0.2, -0.15) is 14.8 Å². The number of ether oxygens (including phenoxy) is 1. The summed E-state index contributed by atoms with van der Waals surface area (Å²) in [5.74, 6) is 0.924. The van der Waals surface area contributed by atoms with Gasteiger partial charge in [-0.05, 0) is 71.6 Å². The predicted molar refractivity (Wildman–Crippen MR) is 200 cm³/mol. The van der Waals surface area contributed by atoms with Gasteiger partial charge in [-0.25, -0.2) is 9.78 Å². The van der Waals surface area contributed by atoms with E-state index in [0.717, 1.165) is 16.7 Å². The van der Waals surface area contributed by atoms with Crippen molar-refractivity contribution in [2.45, 2.75) is 62.9 Å². The van der Waals surface area contributed by atoms with Crippen LogP contribution < -0.4 is 20.9 Å². The molecule has 7 N–H and O–H groups in total. The van der Waals surface area contributed by atoms with Crippen molar-refractivity contribution in [2.24, 2.45) is 0 Å². The van der Waals surface area contributed by atoms with Crippen molar-refractivity contribution in [1.29, 1.82) is 0 Å². The molecule has 4 aromatic heterocycles. The van der Waals surface area contributed by atoms with Crippen LogP contribution in [0.5, 0.6) is 11.5 Å². The van der Waals surface area contributed by atoms with E-state index < -0.39 is 24.5 Å². The van der Waals surface area contributed by atoms with Crippen molar-refractivity contribution >= 4 is 29.0 Å². The average molecular weight is 764 g/mol. The summed E-state index contributed by atoms with van der Waals surface area (Å²) in [4.78, 5) is 34.7. The zero-order valence-corrected chi connectivity index (χ0v) is 30.3. The SMILES string of the molecule is CCn1nnc([C@H]2O[C@@H](n3cnc4c(NCC(c5ccc(O)cc5)c5ccc(O)cc5)nc(N5CC[C@H](NC(=O)NCc6ccncc6)C5)nc43)[C@H](O)[C@@H]2O)n1. The van der Waals surface area contributed by atoms with Crippen LogP contribution in [0.2, 0.25) is 0 Å². The van der Waals surface area contributed by atoms with Crippen LogP contribution in [0.3, 0.4) is 0 Å². The minimum Gasteiger partial charge on any atom is -0.508 e. The Bertz CT molecular complexity index is 2230. The largest absolute Gasteiger partial charge is 0.508 e. The molecular formula is C37H41N13O6. The number of aromatic hydroxyl groups is 2. The Morgan fingerprint density at radius 1 is 0.964 bits per heavy atom. The van der Waals surface area contributed by atoms with Crippen LogP contribution in [0.1, 0.15) is 54.1 Å². The highest BCUT2D eigenvalue weighted by Crippen LogP contribution is 2.39. The normalized spacial score (nSPS) is 20.9. The number of rotatable bonds is 12. The second-order valence-corrected chi connectivity index (χ2v) is 13.7. The summed E-state index contributed by atoms with van der Waals surface area (Å²) in [5.41, 5.74) is 3.46. The molecule has 290 valence electrons. The van der Waals surface area contributed by atoms with Crippen molar-refractivity contribution in [3.05, 3.63) is 102 Å². The van der Waals surface area contributed by atoms with Gasteiger partial charge in [0.2, 0.25) is 11.8 Å². The molecule has 0 bridgehead atoms. The number of nitrogens with one attached hydrogen (secondary N) is 3. The number of aromatic nitrogens is 9. The first-order chi connectivity index (χ1) is 27.2. The second-order valence-electron chi connectivity index (χ2n) is 13.7. The first-order valence-corrected chi connectivity index (χ1v) is 18.3. The Balaban J connectivity index is 1.09. The summed E-state index contributed by atoms with van der Waals surface area (Å²) >= 11 is 0. The number of pyridine rings is 1. The van der Waals surface area contributed by atoms with Crippen LogP contribution in [-0.2, 0) is 17.8 Å². The molecule has 19 nitrogen and oxygen atoms in total. The van der Waals surface area contributed by atoms with Gasteiger partial charge >= 0.3 is 6.03 Å². The smallest absolute Gasteiger partial charge is 0.315 e. The lowest BCUT2D eigenvalue weighted by molar-refractivity contribution is -0.0384. The number of imidazole rings is 1. The van der Waals surface area contributed by atoms with Gasteiger partial charge in [-0.3, -0.25) is 9.55 Å². The molecule has 8 rings (SSSR count). The van der Waals surface area contributed by atoms with Crippen molar-refractivity contribution in [1.82, 2.24) is 55.3 Å². The number of urea groups is 1. The summed E-state index contributed by atoms with van der Waals surface area (Å²) in [6.45, 7) is 3.97. The van der Waals surface area contributed by atoms with Crippen LogP contribution in [0.15, 0.2) is 79.4 Å². The molecule has 56 heavy (non-hydrogen) atoms. The van der Waals surface area contributed by atoms with Crippen LogP contribution in [0, 0.1) is 0 Å². The van der Waals surface area contributed by atoms with E-state index >= 15 is 0 Å². The number of aliphatic hydroxyl groups excluding tert-OH is 2. The highest BCUT2D eigenvalue weighted by molar-refractivity contribution is 5.84. The topological polar surface area (TPSA) is 247 Å². The summed E-state index contributed by atoms with van der Waals surface area (Å²) in [5, 5.41) is 64.0. The number of benzene rings is 2. The molecule has 6 heterocycles. The van der Waals surface area contributed by atoms with Gasteiger partial charge in [-0.15, -0.1) is 10.2 Å². The molecule has 6 aromatic rings. The van der Waals surface area contributed by atoms with Gasteiger partial charge in [0, 0.05) is 50.5 Å². The van der Waals surface area contributed by atoms with Gasteiger partial charge in [0.1, 0.15) is 23.7 Å². The highest BCUT2D eigenvalue weighted by atomic mass is 16.6. The number of nitrogens with zero attached hydrogens (tertiary/aromatic N) is 10. The Morgan fingerprint density at radius 3 is 2.36 bits per heavy atom. The molecule has 0 unspecified atom stereocenters. The number of carbonyl (C=O) groups excluding carboxylic acids is 1. The van der Waals surface area contributed by atoms with E-state index in [1.807, 2.05) is 48.2 Å². The van der Waals surface area contributed by atoms with Crippen molar-refractivity contribution in [3.63, 3.8) is 0 Å². The van der Waals surface area contributed by atoms with Gasteiger partial charge in [-0.1, -0.05) is 24.3 Å². The molecule has 0 saturated carbocycles. The van der Waals surface area contributed by atoms with Crippen LogP contribution >= 0.6 is 0 Å². The van der Waals surface area contributed by atoms with E-state index in [1.165, 1.54) is 11.1 Å². The Hall–Kier alpha value is -6.44. The molecule has 0 radical (unpaired) electrons. The van der Waals surface area contributed by atoms with E-state index in [1.54, 1.807) is 41.2 Å². The lowest BCUT2D eigenvalue weighted by Gasteiger charge is -2.22. The Kier molecular flexibility index (Phi) is 10.3. The number of hydrogen-bond donors (Lipinski definition) is 7. The third-order valence-corrected chi connectivity index (χ3v) is 10.0. The molecule has 5 atom stereocenters. The number of phenols is 2. The number of carbonyl (C=O) groups is 1. The molecule has 0 aliphatic carbocycles. The van der Waals surface area contributed by atoms with Crippen LogP contribution in [0.25, 0.3) is 11.2 Å². The summed E-state index contributed by atoms with van der Waals surface area (Å²) in [6, 6.07) is 17.0. The zero-order valence-electron chi connectivity index (χ0n) is 30.3. The summed E-state index contributed by atoms with van der Waals surface area (Å²) in [7, 11) is 0. The quantitative estimate of drug-likeness (QED) is 0.0942. The number of hydrogen-bond acceptors (Lipinski definition) is 15. The minimum absolute atomic E-state index is 0.137. The average Bonchev–Trinajstić information content (AvgIpc) is 4.03. The fraction of sp³-hybridized carbons (Fsp3) is 0.351. The lowest BCUT2D eigenvalue weighted by atomic mass is 9.91. The fourth-order valence-electron chi connectivity index (χ4n) is 6.98. The van der Waals surface area contributed by atoms with E-state index in [4.69, 9.17) is 14.7 Å². The van der Waals surface area contributed by atoms with E-state index in [-0.39, 0.29) is 35.3 Å². The number of tetrazole rings is 1. The Labute approximate surface area is 320 Å². The van der Waals surface area contributed by atoms with E-state index in [2.05, 4.69) is 41.3 Å². The molecular weight excluding hydrogens is 722 g/mol. The fourth-order valence-corrected chi connectivity index (χ4v) is 6.98. The third-order valence-electron chi connectivity index (χ3n) is 10.0. The number of fused-ring (bicyclic) bond motifs is 1. The number of anilines is 2. The second kappa shape index (κ2) is 15.7. The third kappa shape index (κ3) is 7.59. The van der Waals surface area contributed by atoms with Gasteiger partial charge < -0.3 is 46.0 Å². The first kappa shape index (κ1) is 36.5. The molecule has 2 amide bonds. The molecule has 2 fully saturated rings. The molecule has 0 spiro atoms. The monoisotopic (exact) mass is 763 g/mol. The number of amides is 2. The van der Waals surface area contributed by atoms with Crippen molar-refractivity contribution < 1.29 is 30.0 Å². The lowest BCUT2D eigenvalue weighted by Crippen LogP contribution is -2.43. The molecule has 2 aliphatic rings. The van der Waals surface area contributed by atoms with E-state index in [0.29, 0.717) is 62.1 Å². The minimum atomic E-state index is -1.39. The molecule has 2 saturated heterocycles. The standard InChI is InChI=1S/C37H41N13O6/c1-2-50-46-33(45-47-50)31-29(53)30(54)35(56-31)49-20-41-28-32(39-18-27(22-3-7-25(51)8-4-22)23-5-9-26(52)10-6-23)43-36(44-34(28)49)48-16-13-24(19-48)42-37(55)40-17-21-11-14-38-15-12-21/h3-12,14-15,20,24,27,29-31,35,51-54H,2,13,16-19H2,1H3,(H,39,43,44)(H2,40,42,55)/t24-,29-,30+,31-,35+/m0/s1. The van der Waals surface area contributed by atoms with Crippen LogP contribution in [-0.4, -0.2) is 109 Å². The zero-order chi connectivity index (χ0) is 38.8. The molecule has 19 heteroatoms. The maximum atomic E-state index is 12.8. The first-order valence-electron chi connectivity index (χ1n) is 18.3. The summed E-state index contributed by atoms with van der Waals surface area (Å²) < 4.78 is 7.74. The summed E-state index contributed by atoms with van der Waals surface area (Å²) in [6.07, 6.45) is 0.546. The van der Waals surface area contributed by atoms with Gasteiger partial charge in [0.05, 0.1) is 12.9 Å². The molecule has 2 aromatic carbocycles. The number of phenolic OH excluding ortho intramolecular Hbond substituents is 2. The highest BCUT2D eigenvalue weighted by Gasteiger charge is 2.47. The number of aliphatic hydroxyl groups is 2. The van der Waals surface area contributed by atoms with Gasteiger partial charge in [0.25, 0.3) is 0 Å². The Morgan fingerprint density at radius 2 is 1.68 bits per heavy atom. The maximum absolute atomic E-state index is 12.8. The number of aryl methyl sites for hydroxylation is 1. The molecule has 2 aliphatic heterocycles. The van der Waals surface area contributed by atoms with Gasteiger partial charge in [0.15, 0.2) is 29.3 Å². The van der Waals surface area contributed by atoms with Crippen molar-refractivity contribution in [2.75, 3.05) is 29.9 Å². The van der Waals surface area contributed by atoms with Crippen molar-refractivity contribution in [3.8, 4) is 11.5 Å².